The van der Waals surface area contributed by atoms with Crippen molar-refractivity contribution in [1.82, 2.24) is 4.90 Å². The lowest BCUT2D eigenvalue weighted by Gasteiger charge is -2.25. The van der Waals surface area contributed by atoms with E-state index < -0.39 is 23.8 Å². The van der Waals surface area contributed by atoms with Gasteiger partial charge in [-0.25, -0.2) is 0 Å². The maximum atomic E-state index is 12.9. The number of carbonyl (C=O) groups excluding carboxylic acids is 3. The Balaban J connectivity index is 1.86. The lowest BCUT2D eigenvalue weighted by molar-refractivity contribution is -0.120. The number of nitrogens with one attached hydrogen (secondary N) is 1. The number of imide groups is 1. The summed E-state index contributed by atoms with van der Waals surface area (Å²) < 4.78 is 5.16. The fourth-order valence-electron chi connectivity index (χ4n) is 3.02. The van der Waals surface area contributed by atoms with E-state index >= 15 is 0 Å². The molecule has 2 aromatic carbocycles. The maximum Gasteiger partial charge on any atom is 0.262 e. The van der Waals surface area contributed by atoms with Crippen LogP contribution >= 0.6 is 11.8 Å². The molecule has 0 saturated heterocycles. The number of ether oxygens (including phenoxy) is 1. The Bertz CT molecular complexity index is 849. The Morgan fingerprint density at radius 1 is 1.11 bits per heavy atom. The molecule has 0 aromatic heterocycles. The van der Waals surface area contributed by atoms with Gasteiger partial charge in [0.05, 0.1) is 18.2 Å². The van der Waals surface area contributed by atoms with Crippen LogP contribution in [0.2, 0.25) is 0 Å². The Morgan fingerprint density at radius 3 is 2.37 bits per heavy atom. The normalized spacial score (nSPS) is 14.1. The minimum absolute atomic E-state index is 0.339. The number of anilines is 1. The van der Waals surface area contributed by atoms with Crippen LogP contribution in [-0.4, -0.2) is 47.8 Å². The van der Waals surface area contributed by atoms with E-state index in [1.807, 2.05) is 6.26 Å². The summed E-state index contributed by atoms with van der Waals surface area (Å²) in [6, 6.07) is 12.7. The van der Waals surface area contributed by atoms with Gasteiger partial charge in [0.2, 0.25) is 5.91 Å². The lowest BCUT2D eigenvalue weighted by atomic mass is 10.1. The van der Waals surface area contributed by atoms with Crippen molar-refractivity contribution in [2.45, 2.75) is 12.5 Å². The fourth-order valence-corrected chi connectivity index (χ4v) is 3.48. The molecule has 0 fully saturated rings. The van der Waals surface area contributed by atoms with Crippen LogP contribution in [0.25, 0.3) is 0 Å². The van der Waals surface area contributed by atoms with Crippen molar-refractivity contribution in [2.75, 3.05) is 24.4 Å². The number of nitrogens with zero attached hydrogens (tertiary/aromatic N) is 1. The second-order valence-corrected chi connectivity index (χ2v) is 7.03. The SMILES string of the molecule is COc1cccc(NC(=O)C(CCSC)N2C(=O)c3ccccc3C2=O)c1. The zero-order valence-electron chi connectivity index (χ0n) is 15.1. The molecule has 0 saturated carbocycles. The second-order valence-electron chi connectivity index (χ2n) is 6.04. The molecule has 1 aliphatic rings. The van der Waals surface area contributed by atoms with Gasteiger partial charge in [-0.3, -0.25) is 19.3 Å². The van der Waals surface area contributed by atoms with Crippen molar-refractivity contribution in [3.8, 4) is 5.75 Å². The van der Waals surface area contributed by atoms with Gasteiger partial charge in [0, 0.05) is 11.8 Å². The third-order valence-electron chi connectivity index (χ3n) is 4.37. The summed E-state index contributed by atoms with van der Waals surface area (Å²) in [5.74, 6) is -0.00476. The zero-order chi connectivity index (χ0) is 19.4. The Labute approximate surface area is 161 Å². The Morgan fingerprint density at radius 2 is 1.78 bits per heavy atom. The minimum atomic E-state index is -0.879. The summed E-state index contributed by atoms with van der Waals surface area (Å²) in [6.45, 7) is 0. The molecule has 1 aliphatic heterocycles. The highest BCUT2D eigenvalue weighted by molar-refractivity contribution is 7.98. The highest BCUT2D eigenvalue weighted by Crippen LogP contribution is 2.27. The second kappa shape index (κ2) is 8.26. The summed E-state index contributed by atoms with van der Waals surface area (Å²) >= 11 is 1.56. The molecule has 6 nitrogen and oxygen atoms in total. The number of carbonyl (C=O) groups is 3. The van der Waals surface area contributed by atoms with Crippen molar-refractivity contribution in [3.05, 3.63) is 59.7 Å². The first-order chi connectivity index (χ1) is 13.1. The number of benzene rings is 2. The van der Waals surface area contributed by atoms with Crippen LogP contribution in [0, 0.1) is 0 Å². The van der Waals surface area contributed by atoms with Crippen LogP contribution in [0.1, 0.15) is 27.1 Å². The van der Waals surface area contributed by atoms with E-state index in [0.717, 1.165) is 4.90 Å². The number of hydrogen-bond acceptors (Lipinski definition) is 5. The van der Waals surface area contributed by atoms with Gasteiger partial charge in [0.25, 0.3) is 11.8 Å². The highest BCUT2D eigenvalue weighted by atomic mass is 32.2. The van der Waals surface area contributed by atoms with Crippen molar-refractivity contribution in [1.29, 1.82) is 0 Å². The molecule has 0 bridgehead atoms. The van der Waals surface area contributed by atoms with E-state index in [4.69, 9.17) is 4.74 Å². The molecule has 3 rings (SSSR count). The first kappa shape index (κ1) is 19.0. The topological polar surface area (TPSA) is 75.7 Å². The number of rotatable bonds is 7. The number of methoxy groups -OCH3 is 1. The summed E-state index contributed by atoms with van der Waals surface area (Å²) in [4.78, 5) is 39.6. The van der Waals surface area contributed by atoms with Crippen LogP contribution in [0.15, 0.2) is 48.5 Å². The number of thioether (sulfide) groups is 1. The van der Waals surface area contributed by atoms with Crippen molar-refractivity contribution in [2.24, 2.45) is 0 Å². The van der Waals surface area contributed by atoms with Crippen molar-refractivity contribution < 1.29 is 19.1 Å². The lowest BCUT2D eigenvalue weighted by Crippen LogP contribution is -2.47. The molecule has 2 aromatic rings. The summed E-state index contributed by atoms with van der Waals surface area (Å²) in [5.41, 5.74) is 1.22. The van der Waals surface area contributed by atoms with Gasteiger partial charge in [0.15, 0.2) is 0 Å². The first-order valence-corrected chi connectivity index (χ1v) is 9.87. The molecule has 7 heteroatoms. The van der Waals surface area contributed by atoms with Crippen LogP contribution < -0.4 is 10.1 Å². The molecule has 27 heavy (non-hydrogen) atoms. The van der Waals surface area contributed by atoms with Gasteiger partial charge in [0.1, 0.15) is 11.8 Å². The van der Waals surface area contributed by atoms with E-state index in [0.29, 0.717) is 34.7 Å². The third kappa shape index (κ3) is 3.83. The molecule has 0 radical (unpaired) electrons. The minimum Gasteiger partial charge on any atom is -0.497 e. The summed E-state index contributed by atoms with van der Waals surface area (Å²) in [7, 11) is 1.54. The van der Waals surface area contributed by atoms with Gasteiger partial charge >= 0.3 is 0 Å². The molecule has 1 atom stereocenters. The molecule has 1 N–H and O–H groups in total. The van der Waals surface area contributed by atoms with E-state index in [1.54, 1.807) is 67.4 Å². The van der Waals surface area contributed by atoms with Gasteiger partial charge in [-0.2, -0.15) is 11.8 Å². The average molecular weight is 384 g/mol. The van der Waals surface area contributed by atoms with Crippen LogP contribution in [0.3, 0.4) is 0 Å². The third-order valence-corrected chi connectivity index (χ3v) is 5.02. The largest absolute Gasteiger partial charge is 0.497 e. The van der Waals surface area contributed by atoms with Gasteiger partial charge in [-0.05, 0) is 42.7 Å². The van der Waals surface area contributed by atoms with E-state index in [2.05, 4.69) is 5.32 Å². The fraction of sp³-hybridized carbons (Fsp3) is 0.250. The smallest absolute Gasteiger partial charge is 0.262 e. The Hall–Kier alpha value is -2.80. The molecule has 1 unspecified atom stereocenters. The molecular formula is C20H20N2O4S. The number of amides is 3. The number of fused-ring (bicyclic) bond motifs is 1. The molecule has 0 aliphatic carbocycles. The van der Waals surface area contributed by atoms with Crippen molar-refractivity contribution in [3.63, 3.8) is 0 Å². The zero-order valence-corrected chi connectivity index (χ0v) is 15.9. The summed E-state index contributed by atoms with van der Waals surface area (Å²) in [5, 5.41) is 2.80. The van der Waals surface area contributed by atoms with Gasteiger partial charge < -0.3 is 10.1 Å². The first-order valence-electron chi connectivity index (χ1n) is 8.47. The van der Waals surface area contributed by atoms with E-state index in [9.17, 15) is 14.4 Å². The standard InChI is InChI=1S/C20H20N2O4S/c1-26-14-7-5-6-13(12-14)21-18(23)17(10-11-27-2)22-19(24)15-8-3-4-9-16(15)20(22)25/h3-9,12,17H,10-11H2,1-2H3,(H,21,23). The van der Waals surface area contributed by atoms with Crippen LogP contribution in [0.5, 0.6) is 5.75 Å². The maximum absolute atomic E-state index is 12.9. The predicted octanol–water partition coefficient (Wildman–Crippen LogP) is 3.05. The van der Waals surface area contributed by atoms with E-state index in [-0.39, 0.29) is 0 Å². The average Bonchev–Trinajstić information content (AvgIpc) is 2.94. The highest BCUT2D eigenvalue weighted by Gasteiger charge is 2.42. The molecule has 0 spiro atoms. The predicted molar refractivity (Wildman–Crippen MR) is 105 cm³/mol. The Kier molecular flexibility index (Phi) is 5.81. The molecular weight excluding hydrogens is 364 g/mol. The van der Waals surface area contributed by atoms with Gasteiger partial charge in [-0.1, -0.05) is 18.2 Å². The number of hydrogen-bond donors (Lipinski definition) is 1. The van der Waals surface area contributed by atoms with Crippen LogP contribution in [0.4, 0.5) is 5.69 Å². The van der Waals surface area contributed by atoms with Crippen LogP contribution in [-0.2, 0) is 4.79 Å². The molecule has 1 heterocycles. The quantitative estimate of drug-likeness (QED) is 0.743. The van der Waals surface area contributed by atoms with Gasteiger partial charge in [-0.15, -0.1) is 0 Å². The molecule has 3 amide bonds. The monoisotopic (exact) mass is 384 g/mol. The van der Waals surface area contributed by atoms with E-state index in [1.165, 1.54) is 0 Å². The molecule has 140 valence electrons. The summed E-state index contributed by atoms with van der Waals surface area (Å²) in [6.07, 6.45) is 2.29. The van der Waals surface area contributed by atoms with Crippen molar-refractivity contribution >= 4 is 35.2 Å².